The van der Waals surface area contributed by atoms with Gasteiger partial charge in [-0.05, 0) is 71.1 Å². The van der Waals surface area contributed by atoms with Crippen LogP contribution in [-0.4, -0.2) is 72.2 Å². The van der Waals surface area contributed by atoms with Crippen LogP contribution in [0.1, 0.15) is 45.6 Å². The van der Waals surface area contributed by atoms with E-state index in [9.17, 15) is 4.79 Å². The minimum absolute atomic E-state index is 0.163. The summed E-state index contributed by atoms with van der Waals surface area (Å²) in [6, 6.07) is 10.8. The van der Waals surface area contributed by atoms with Gasteiger partial charge in [-0.15, -0.1) is 0 Å². The van der Waals surface area contributed by atoms with Crippen molar-refractivity contribution >= 4 is 6.09 Å². The molecule has 156 valence electrons. The zero-order chi connectivity index (χ0) is 20.0. The van der Waals surface area contributed by atoms with Gasteiger partial charge in [0.25, 0.3) is 0 Å². The van der Waals surface area contributed by atoms with Crippen LogP contribution in [0.3, 0.4) is 0 Å². The minimum atomic E-state index is -0.420. The van der Waals surface area contributed by atoms with Crippen LogP contribution in [0.2, 0.25) is 0 Å². The molecule has 0 unspecified atom stereocenters. The van der Waals surface area contributed by atoms with Crippen LogP contribution in [0.4, 0.5) is 4.79 Å². The van der Waals surface area contributed by atoms with Crippen LogP contribution in [-0.2, 0) is 11.3 Å². The van der Waals surface area contributed by atoms with Crippen molar-refractivity contribution in [2.24, 2.45) is 5.92 Å². The monoisotopic (exact) mass is 387 g/mol. The molecule has 0 aromatic heterocycles. The number of carbonyl (C=O) groups excluding carboxylic acids is 1. The molecule has 1 aromatic rings. The van der Waals surface area contributed by atoms with Gasteiger partial charge in [0, 0.05) is 32.7 Å². The Morgan fingerprint density at radius 1 is 0.964 bits per heavy atom. The average molecular weight is 388 g/mol. The van der Waals surface area contributed by atoms with Crippen molar-refractivity contribution in [1.82, 2.24) is 14.7 Å². The van der Waals surface area contributed by atoms with E-state index < -0.39 is 5.60 Å². The summed E-state index contributed by atoms with van der Waals surface area (Å²) in [6.45, 7) is 14.0. The molecule has 0 spiro atoms. The molecule has 0 saturated carbocycles. The zero-order valence-electron chi connectivity index (χ0n) is 17.9. The molecule has 28 heavy (non-hydrogen) atoms. The summed E-state index contributed by atoms with van der Waals surface area (Å²) in [7, 11) is 0. The minimum Gasteiger partial charge on any atom is -0.444 e. The van der Waals surface area contributed by atoms with E-state index in [1.807, 2.05) is 25.7 Å². The number of likely N-dealkylation sites (tertiary alicyclic amines) is 1. The first-order valence-electron chi connectivity index (χ1n) is 10.9. The van der Waals surface area contributed by atoms with Gasteiger partial charge in [-0.2, -0.15) is 0 Å². The molecule has 2 saturated heterocycles. The largest absolute Gasteiger partial charge is 0.444 e. The van der Waals surface area contributed by atoms with E-state index in [1.165, 1.54) is 38.0 Å². The molecule has 2 aliphatic heterocycles. The summed E-state index contributed by atoms with van der Waals surface area (Å²) >= 11 is 0. The maximum atomic E-state index is 12.3. The fourth-order valence-electron chi connectivity index (χ4n) is 4.20. The topological polar surface area (TPSA) is 36.0 Å². The summed E-state index contributed by atoms with van der Waals surface area (Å²) in [5.41, 5.74) is 0.993. The second-order valence-electron chi connectivity index (χ2n) is 9.33. The Hall–Kier alpha value is -1.59. The molecule has 0 bridgehead atoms. The first-order chi connectivity index (χ1) is 13.4. The van der Waals surface area contributed by atoms with Gasteiger partial charge in [0.15, 0.2) is 0 Å². The fourth-order valence-corrected chi connectivity index (χ4v) is 4.20. The van der Waals surface area contributed by atoms with E-state index in [2.05, 4.69) is 40.1 Å². The first kappa shape index (κ1) is 21.1. The Balaban J connectivity index is 1.39. The number of benzene rings is 1. The van der Waals surface area contributed by atoms with Gasteiger partial charge < -0.3 is 14.5 Å². The smallest absolute Gasteiger partial charge is 0.410 e. The third-order valence-corrected chi connectivity index (χ3v) is 5.71. The Morgan fingerprint density at radius 2 is 1.68 bits per heavy atom. The van der Waals surface area contributed by atoms with E-state index >= 15 is 0 Å². The van der Waals surface area contributed by atoms with Gasteiger partial charge >= 0.3 is 6.09 Å². The molecular formula is C23H37N3O2. The molecular weight excluding hydrogens is 350 g/mol. The highest BCUT2D eigenvalue weighted by Gasteiger charge is 2.26. The van der Waals surface area contributed by atoms with E-state index in [4.69, 9.17) is 4.74 Å². The van der Waals surface area contributed by atoms with Crippen LogP contribution < -0.4 is 0 Å². The van der Waals surface area contributed by atoms with E-state index in [1.54, 1.807) is 0 Å². The zero-order valence-corrected chi connectivity index (χ0v) is 17.9. The molecule has 2 heterocycles. The molecule has 1 aromatic carbocycles. The summed E-state index contributed by atoms with van der Waals surface area (Å²) in [5, 5.41) is 0. The molecule has 0 N–H and O–H groups in total. The average Bonchev–Trinajstić information content (AvgIpc) is 2.89. The lowest BCUT2D eigenvalue weighted by Gasteiger charge is -2.34. The van der Waals surface area contributed by atoms with Crippen molar-refractivity contribution in [3.05, 3.63) is 35.9 Å². The molecule has 0 aliphatic carbocycles. The Labute approximate surface area is 170 Å². The predicted molar refractivity (Wildman–Crippen MR) is 113 cm³/mol. The van der Waals surface area contributed by atoms with Crippen LogP contribution in [0.25, 0.3) is 0 Å². The lowest BCUT2D eigenvalue weighted by atomic mass is 9.95. The van der Waals surface area contributed by atoms with Crippen molar-refractivity contribution in [3.8, 4) is 0 Å². The summed E-state index contributed by atoms with van der Waals surface area (Å²) < 4.78 is 5.54. The first-order valence-corrected chi connectivity index (χ1v) is 10.9. The van der Waals surface area contributed by atoms with Crippen molar-refractivity contribution in [3.63, 3.8) is 0 Å². The highest BCUT2D eigenvalue weighted by atomic mass is 16.6. The maximum Gasteiger partial charge on any atom is 0.410 e. The van der Waals surface area contributed by atoms with Crippen molar-refractivity contribution in [2.45, 2.75) is 52.2 Å². The van der Waals surface area contributed by atoms with Crippen molar-refractivity contribution < 1.29 is 9.53 Å². The Bertz CT molecular complexity index is 606. The van der Waals surface area contributed by atoms with E-state index in [0.29, 0.717) is 0 Å². The van der Waals surface area contributed by atoms with Gasteiger partial charge in [-0.25, -0.2) is 4.79 Å². The van der Waals surface area contributed by atoms with E-state index in [-0.39, 0.29) is 6.09 Å². The summed E-state index contributed by atoms with van der Waals surface area (Å²) in [4.78, 5) is 19.4. The number of nitrogens with zero attached hydrogens (tertiary/aromatic N) is 3. The standard InChI is InChI=1S/C23H37N3O2/c1-23(2,3)28-22(27)26-13-7-12-24(16-17-26)19-21-10-14-25(15-11-21)18-20-8-5-4-6-9-20/h4-6,8-9,21H,7,10-19H2,1-3H3. The number of rotatable bonds is 4. The number of hydrogen-bond acceptors (Lipinski definition) is 4. The lowest BCUT2D eigenvalue weighted by molar-refractivity contribution is 0.0256. The van der Waals surface area contributed by atoms with Crippen LogP contribution in [0, 0.1) is 5.92 Å². The number of ether oxygens (including phenoxy) is 1. The second kappa shape index (κ2) is 9.75. The SMILES string of the molecule is CC(C)(C)OC(=O)N1CCCN(CC2CCN(Cc3ccccc3)CC2)CC1. The van der Waals surface area contributed by atoms with Gasteiger partial charge in [-0.3, -0.25) is 4.90 Å². The number of piperidine rings is 1. The summed E-state index contributed by atoms with van der Waals surface area (Å²) in [5.74, 6) is 0.778. The molecule has 5 heteroatoms. The molecule has 0 atom stereocenters. The Kier molecular flexibility index (Phi) is 7.36. The number of carbonyl (C=O) groups is 1. The molecule has 0 radical (unpaired) electrons. The van der Waals surface area contributed by atoms with Gasteiger partial charge in [-0.1, -0.05) is 30.3 Å². The van der Waals surface area contributed by atoms with Crippen LogP contribution >= 0.6 is 0 Å². The maximum absolute atomic E-state index is 12.3. The second-order valence-corrected chi connectivity index (χ2v) is 9.33. The highest BCUT2D eigenvalue weighted by Crippen LogP contribution is 2.21. The van der Waals surface area contributed by atoms with Gasteiger partial charge in [0.05, 0.1) is 0 Å². The quantitative estimate of drug-likeness (QED) is 0.786. The third kappa shape index (κ3) is 6.78. The number of amides is 1. The molecule has 2 aliphatic rings. The molecule has 2 fully saturated rings. The molecule has 5 nitrogen and oxygen atoms in total. The van der Waals surface area contributed by atoms with Gasteiger partial charge in [0.2, 0.25) is 0 Å². The van der Waals surface area contributed by atoms with Crippen LogP contribution in [0.5, 0.6) is 0 Å². The van der Waals surface area contributed by atoms with Gasteiger partial charge in [0.1, 0.15) is 5.60 Å². The fraction of sp³-hybridized carbons (Fsp3) is 0.696. The third-order valence-electron chi connectivity index (χ3n) is 5.71. The van der Waals surface area contributed by atoms with Crippen LogP contribution in [0.15, 0.2) is 30.3 Å². The van der Waals surface area contributed by atoms with Crippen molar-refractivity contribution in [1.29, 1.82) is 0 Å². The van der Waals surface area contributed by atoms with Crippen molar-refractivity contribution in [2.75, 3.05) is 45.8 Å². The van der Waals surface area contributed by atoms with E-state index in [0.717, 1.165) is 45.1 Å². The normalized spacial score (nSPS) is 20.8. The molecule has 1 amide bonds. The number of hydrogen-bond donors (Lipinski definition) is 0. The predicted octanol–water partition coefficient (Wildman–Crippen LogP) is 3.84. The molecule has 3 rings (SSSR count). The highest BCUT2D eigenvalue weighted by molar-refractivity contribution is 5.68. The summed E-state index contributed by atoms with van der Waals surface area (Å²) in [6.07, 6.45) is 3.42. The lowest BCUT2D eigenvalue weighted by Crippen LogP contribution is -2.41. The Morgan fingerprint density at radius 3 is 2.36 bits per heavy atom.